The molecule has 1 amide bonds. The average Bonchev–Trinajstić information content (AvgIpc) is 2.44. The molecule has 1 aliphatic heterocycles. The van der Waals surface area contributed by atoms with E-state index in [1.165, 1.54) is 5.56 Å². The Hall–Kier alpha value is -2.09. The molecule has 0 aliphatic carbocycles. The van der Waals surface area contributed by atoms with Gasteiger partial charge in [-0.25, -0.2) is 0 Å². The van der Waals surface area contributed by atoms with E-state index in [-0.39, 0.29) is 11.8 Å². The van der Waals surface area contributed by atoms with Crippen LogP contribution in [0.4, 0.5) is 5.69 Å². The first-order valence-corrected chi connectivity index (χ1v) is 6.21. The van der Waals surface area contributed by atoms with E-state index in [1.54, 1.807) is 0 Å². The first-order valence-electron chi connectivity index (χ1n) is 6.21. The molecule has 0 bridgehead atoms. The van der Waals surface area contributed by atoms with Crippen molar-refractivity contribution in [3.8, 4) is 0 Å². The Labute approximate surface area is 107 Å². The maximum absolute atomic E-state index is 12.4. The third-order valence-corrected chi connectivity index (χ3v) is 3.55. The SMILES string of the molecule is C[C@H]1C(=O)N(c2ccccc2)Cc2ccccc21. The first-order chi connectivity index (χ1) is 8.77. The van der Waals surface area contributed by atoms with Gasteiger partial charge in [0.05, 0.1) is 12.5 Å². The molecule has 1 heterocycles. The zero-order valence-corrected chi connectivity index (χ0v) is 10.3. The van der Waals surface area contributed by atoms with Crippen molar-refractivity contribution in [1.82, 2.24) is 0 Å². The van der Waals surface area contributed by atoms with Gasteiger partial charge in [-0.05, 0) is 30.2 Å². The van der Waals surface area contributed by atoms with Gasteiger partial charge in [-0.1, -0.05) is 42.5 Å². The molecule has 0 unspecified atom stereocenters. The molecular formula is C16H15NO. The zero-order valence-electron chi connectivity index (χ0n) is 10.3. The van der Waals surface area contributed by atoms with Gasteiger partial charge in [-0.2, -0.15) is 0 Å². The lowest BCUT2D eigenvalue weighted by molar-refractivity contribution is -0.120. The number of fused-ring (bicyclic) bond motifs is 1. The second-order valence-electron chi connectivity index (χ2n) is 4.68. The van der Waals surface area contributed by atoms with Gasteiger partial charge in [-0.15, -0.1) is 0 Å². The molecule has 0 saturated carbocycles. The van der Waals surface area contributed by atoms with Crippen LogP contribution in [0, 0.1) is 0 Å². The maximum atomic E-state index is 12.4. The van der Waals surface area contributed by atoms with Crippen molar-refractivity contribution in [3.05, 3.63) is 65.7 Å². The molecule has 18 heavy (non-hydrogen) atoms. The number of carbonyl (C=O) groups excluding carboxylic acids is 1. The summed E-state index contributed by atoms with van der Waals surface area (Å²) in [5.74, 6) is 0.120. The minimum atomic E-state index is -0.0600. The number of rotatable bonds is 1. The van der Waals surface area contributed by atoms with E-state index in [0.29, 0.717) is 6.54 Å². The number of para-hydroxylation sites is 1. The lowest BCUT2D eigenvalue weighted by Crippen LogP contribution is -2.38. The highest BCUT2D eigenvalue weighted by Gasteiger charge is 2.30. The largest absolute Gasteiger partial charge is 0.307 e. The fourth-order valence-corrected chi connectivity index (χ4v) is 2.54. The molecule has 0 saturated heterocycles. The summed E-state index contributed by atoms with van der Waals surface area (Å²) in [7, 11) is 0. The van der Waals surface area contributed by atoms with Crippen LogP contribution in [0.25, 0.3) is 0 Å². The molecule has 3 rings (SSSR count). The topological polar surface area (TPSA) is 20.3 Å². The summed E-state index contributed by atoms with van der Waals surface area (Å²) in [6.45, 7) is 2.65. The van der Waals surface area contributed by atoms with E-state index < -0.39 is 0 Å². The van der Waals surface area contributed by atoms with Crippen LogP contribution in [0.3, 0.4) is 0 Å². The van der Waals surface area contributed by atoms with Gasteiger partial charge in [0.25, 0.3) is 0 Å². The van der Waals surface area contributed by atoms with E-state index >= 15 is 0 Å². The third kappa shape index (κ3) is 1.70. The minimum Gasteiger partial charge on any atom is -0.307 e. The molecule has 1 atom stereocenters. The molecule has 0 aromatic heterocycles. The third-order valence-electron chi connectivity index (χ3n) is 3.55. The van der Waals surface area contributed by atoms with Gasteiger partial charge >= 0.3 is 0 Å². The number of carbonyl (C=O) groups is 1. The summed E-state index contributed by atoms with van der Waals surface area (Å²) in [5, 5.41) is 0. The molecule has 2 heteroatoms. The highest BCUT2D eigenvalue weighted by atomic mass is 16.2. The van der Waals surface area contributed by atoms with Crippen molar-refractivity contribution in [2.75, 3.05) is 4.90 Å². The molecule has 90 valence electrons. The summed E-state index contributed by atoms with van der Waals surface area (Å²) in [4.78, 5) is 14.3. The first kappa shape index (κ1) is 11.0. The predicted octanol–water partition coefficient (Wildman–Crippen LogP) is 3.34. The smallest absolute Gasteiger partial charge is 0.234 e. The van der Waals surface area contributed by atoms with Gasteiger partial charge in [0.1, 0.15) is 0 Å². The Balaban J connectivity index is 2.04. The number of benzene rings is 2. The van der Waals surface area contributed by atoms with Crippen LogP contribution in [-0.2, 0) is 11.3 Å². The van der Waals surface area contributed by atoms with Crippen molar-refractivity contribution < 1.29 is 4.79 Å². The number of anilines is 1. The Kier molecular flexibility index (Phi) is 2.63. The van der Waals surface area contributed by atoms with Gasteiger partial charge in [-0.3, -0.25) is 4.79 Å². The van der Waals surface area contributed by atoms with Gasteiger partial charge in [0, 0.05) is 5.69 Å². The van der Waals surface area contributed by atoms with Gasteiger partial charge in [0.2, 0.25) is 5.91 Å². The monoisotopic (exact) mass is 237 g/mol. The van der Waals surface area contributed by atoms with Crippen molar-refractivity contribution in [2.45, 2.75) is 19.4 Å². The van der Waals surface area contributed by atoms with Crippen LogP contribution in [-0.4, -0.2) is 5.91 Å². The normalized spacial score (nSPS) is 18.6. The highest BCUT2D eigenvalue weighted by Crippen LogP contribution is 2.31. The van der Waals surface area contributed by atoms with E-state index in [9.17, 15) is 4.79 Å². The molecular weight excluding hydrogens is 222 g/mol. The van der Waals surface area contributed by atoms with Crippen LogP contribution in [0.2, 0.25) is 0 Å². The van der Waals surface area contributed by atoms with Crippen LogP contribution >= 0.6 is 0 Å². The second kappa shape index (κ2) is 4.30. The van der Waals surface area contributed by atoms with E-state index in [2.05, 4.69) is 12.1 Å². The molecule has 1 aliphatic rings. The van der Waals surface area contributed by atoms with E-state index in [1.807, 2.05) is 54.3 Å². The van der Waals surface area contributed by atoms with Gasteiger partial charge in [0.15, 0.2) is 0 Å². The van der Waals surface area contributed by atoms with E-state index in [4.69, 9.17) is 0 Å². The number of amides is 1. The summed E-state index contributed by atoms with van der Waals surface area (Å²) in [6.07, 6.45) is 0. The average molecular weight is 237 g/mol. The summed E-state index contributed by atoms with van der Waals surface area (Å²) >= 11 is 0. The molecule has 0 fully saturated rings. The molecule has 0 N–H and O–H groups in total. The Morgan fingerprint density at radius 2 is 1.67 bits per heavy atom. The molecule has 0 spiro atoms. The number of hydrogen-bond acceptors (Lipinski definition) is 1. The molecule has 2 aromatic rings. The Morgan fingerprint density at radius 3 is 2.44 bits per heavy atom. The quantitative estimate of drug-likeness (QED) is 0.745. The van der Waals surface area contributed by atoms with Crippen molar-refractivity contribution in [2.24, 2.45) is 0 Å². The highest BCUT2D eigenvalue weighted by molar-refractivity contribution is 5.99. The zero-order chi connectivity index (χ0) is 12.5. The lowest BCUT2D eigenvalue weighted by atomic mass is 9.90. The van der Waals surface area contributed by atoms with Crippen molar-refractivity contribution in [1.29, 1.82) is 0 Å². The lowest BCUT2D eigenvalue weighted by Gasteiger charge is -2.32. The summed E-state index contributed by atoms with van der Waals surface area (Å²) in [5.41, 5.74) is 3.38. The number of hydrogen-bond donors (Lipinski definition) is 0. The molecule has 0 radical (unpaired) electrons. The van der Waals surface area contributed by atoms with Crippen LogP contribution in [0.15, 0.2) is 54.6 Å². The fourth-order valence-electron chi connectivity index (χ4n) is 2.54. The van der Waals surface area contributed by atoms with Crippen molar-refractivity contribution >= 4 is 11.6 Å². The van der Waals surface area contributed by atoms with Crippen LogP contribution in [0.5, 0.6) is 0 Å². The molecule has 2 nitrogen and oxygen atoms in total. The van der Waals surface area contributed by atoms with Crippen molar-refractivity contribution in [3.63, 3.8) is 0 Å². The Morgan fingerprint density at radius 1 is 1.00 bits per heavy atom. The van der Waals surface area contributed by atoms with Gasteiger partial charge < -0.3 is 4.90 Å². The second-order valence-corrected chi connectivity index (χ2v) is 4.68. The molecule has 2 aromatic carbocycles. The summed E-state index contributed by atoms with van der Waals surface area (Å²) < 4.78 is 0. The fraction of sp³-hybridized carbons (Fsp3) is 0.188. The Bertz CT molecular complexity index is 577. The minimum absolute atomic E-state index is 0.0600. The number of nitrogens with zero attached hydrogens (tertiary/aromatic N) is 1. The summed E-state index contributed by atoms with van der Waals surface area (Å²) in [6, 6.07) is 18.1. The van der Waals surface area contributed by atoms with Crippen LogP contribution < -0.4 is 4.90 Å². The van der Waals surface area contributed by atoms with Crippen LogP contribution in [0.1, 0.15) is 24.0 Å². The predicted molar refractivity (Wildman–Crippen MR) is 72.5 cm³/mol. The van der Waals surface area contributed by atoms with E-state index in [0.717, 1.165) is 11.3 Å². The maximum Gasteiger partial charge on any atom is 0.234 e. The standard InChI is InChI=1S/C16H15NO/c1-12-15-10-6-5-7-13(15)11-17(16(12)18)14-8-3-2-4-9-14/h2-10,12H,11H2,1H3/t12-/m1/s1.